The molecule has 0 radical (unpaired) electrons. The Bertz CT molecular complexity index is 938. The standard InChI is InChI=1S/C23H28N4O2/c1-15-11-19(14-25-21(15)24)17-7-4-8-18(13-17)22(28)27-10-9-26(2)23(29)20(27)12-16-5-3-6-16/h4,7-8,11,13-14,16,20H,3,5-6,9-10,12H2,1-2H3,(H2,24,25)/t20-/m1/s1. The number of amides is 2. The first-order valence-corrected chi connectivity index (χ1v) is 10.3. The van der Waals surface area contributed by atoms with Gasteiger partial charge in [-0.25, -0.2) is 4.98 Å². The summed E-state index contributed by atoms with van der Waals surface area (Å²) < 4.78 is 0. The number of carbonyl (C=O) groups is 2. The highest BCUT2D eigenvalue weighted by molar-refractivity contribution is 5.99. The van der Waals surface area contributed by atoms with E-state index in [2.05, 4.69) is 4.98 Å². The van der Waals surface area contributed by atoms with Crippen LogP contribution in [0.3, 0.4) is 0 Å². The number of hydrogen-bond acceptors (Lipinski definition) is 4. The first kappa shape index (κ1) is 19.4. The predicted octanol–water partition coefficient (Wildman–Crippen LogP) is 3.11. The quantitative estimate of drug-likeness (QED) is 0.867. The molecule has 29 heavy (non-hydrogen) atoms. The second-order valence-electron chi connectivity index (χ2n) is 8.31. The van der Waals surface area contributed by atoms with Crippen molar-refractivity contribution in [2.24, 2.45) is 5.92 Å². The van der Waals surface area contributed by atoms with E-state index in [0.717, 1.165) is 36.0 Å². The zero-order chi connectivity index (χ0) is 20.5. The molecule has 6 nitrogen and oxygen atoms in total. The van der Waals surface area contributed by atoms with Crippen LogP contribution in [0.1, 0.15) is 41.6 Å². The van der Waals surface area contributed by atoms with E-state index >= 15 is 0 Å². The van der Waals surface area contributed by atoms with Gasteiger partial charge in [0, 0.05) is 37.5 Å². The molecule has 1 aromatic heterocycles. The Balaban J connectivity index is 1.60. The second kappa shape index (κ2) is 7.85. The number of nitrogens with two attached hydrogens (primary N) is 1. The molecule has 2 N–H and O–H groups in total. The molecule has 1 aliphatic heterocycles. The Kier molecular flexibility index (Phi) is 5.26. The number of carbonyl (C=O) groups excluding carboxylic acids is 2. The van der Waals surface area contributed by atoms with Crippen LogP contribution in [0.5, 0.6) is 0 Å². The third-order valence-corrected chi connectivity index (χ3v) is 6.32. The highest BCUT2D eigenvalue weighted by Gasteiger charge is 2.38. The van der Waals surface area contributed by atoms with Crippen molar-refractivity contribution < 1.29 is 9.59 Å². The van der Waals surface area contributed by atoms with Crippen LogP contribution in [0.15, 0.2) is 36.5 Å². The predicted molar refractivity (Wildman–Crippen MR) is 113 cm³/mol. The minimum Gasteiger partial charge on any atom is -0.383 e. The van der Waals surface area contributed by atoms with Crippen LogP contribution in [-0.4, -0.2) is 52.8 Å². The van der Waals surface area contributed by atoms with E-state index in [0.29, 0.717) is 30.4 Å². The lowest BCUT2D eigenvalue weighted by atomic mass is 9.80. The largest absolute Gasteiger partial charge is 0.383 e. The van der Waals surface area contributed by atoms with E-state index < -0.39 is 0 Å². The van der Waals surface area contributed by atoms with Gasteiger partial charge in [0.2, 0.25) is 5.91 Å². The Morgan fingerprint density at radius 3 is 2.69 bits per heavy atom. The number of hydrogen-bond donors (Lipinski definition) is 1. The summed E-state index contributed by atoms with van der Waals surface area (Å²) in [7, 11) is 1.83. The Labute approximate surface area is 171 Å². The maximum atomic E-state index is 13.4. The van der Waals surface area contributed by atoms with Gasteiger partial charge in [-0.3, -0.25) is 9.59 Å². The zero-order valence-electron chi connectivity index (χ0n) is 17.1. The molecule has 2 aliphatic rings. The molecule has 0 spiro atoms. The van der Waals surface area contributed by atoms with Gasteiger partial charge in [-0.15, -0.1) is 0 Å². The van der Waals surface area contributed by atoms with Gasteiger partial charge in [0.15, 0.2) is 0 Å². The smallest absolute Gasteiger partial charge is 0.254 e. The van der Waals surface area contributed by atoms with E-state index in [9.17, 15) is 9.59 Å². The lowest BCUT2D eigenvalue weighted by Crippen LogP contribution is -2.58. The van der Waals surface area contributed by atoms with Crippen LogP contribution in [0.25, 0.3) is 11.1 Å². The fraction of sp³-hybridized carbons (Fsp3) is 0.435. The number of aromatic nitrogens is 1. The van der Waals surface area contributed by atoms with E-state index in [1.165, 1.54) is 6.42 Å². The van der Waals surface area contributed by atoms with Gasteiger partial charge < -0.3 is 15.5 Å². The van der Waals surface area contributed by atoms with E-state index in [1.54, 1.807) is 16.0 Å². The third kappa shape index (κ3) is 3.84. The number of rotatable bonds is 4. The minimum absolute atomic E-state index is 0.0611. The maximum absolute atomic E-state index is 13.4. The molecule has 0 bridgehead atoms. The summed E-state index contributed by atoms with van der Waals surface area (Å²) in [5, 5.41) is 0. The van der Waals surface area contributed by atoms with Gasteiger partial charge in [0.1, 0.15) is 11.9 Å². The Morgan fingerprint density at radius 1 is 1.21 bits per heavy atom. The van der Waals surface area contributed by atoms with Gasteiger partial charge in [-0.1, -0.05) is 31.4 Å². The lowest BCUT2D eigenvalue weighted by molar-refractivity contribution is -0.139. The lowest BCUT2D eigenvalue weighted by Gasteiger charge is -2.42. The fourth-order valence-corrected chi connectivity index (χ4v) is 4.17. The highest BCUT2D eigenvalue weighted by Crippen LogP contribution is 2.33. The molecular formula is C23H28N4O2. The van der Waals surface area contributed by atoms with Crippen LogP contribution >= 0.6 is 0 Å². The maximum Gasteiger partial charge on any atom is 0.254 e. The van der Waals surface area contributed by atoms with Crippen LogP contribution in [-0.2, 0) is 4.79 Å². The Morgan fingerprint density at radius 2 is 2.00 bits per heavy atom. The summed E-state index contributed by atoms with van der Waals surface area (Å²) in [5.74, 6) is 1.06. The van der Waals surface area contributed by atoms with Crippen LogP contribution in [0.2, 0.25) is 0 Å². The topological polar surface area (TPSA) is 79.5 Å². The van der Waals surface area contributed by atoms with Gasteiger partial charge >= 0.3 is 0 Å². The number of likely N-dealkylation sites (N-methyl/N-ethyl adjacent to an activating group) is 1. The Hall–Kier alpha value is -2.89. The SMILES string of the molecule is Cc1cc(-c2cccc(C(=O)N3CCN(C)C(=O)[C@H]3CC3CCC3)c2)cnc1N. The first-order valence-electron chi connectivity index (χ1n) is 10.3. The normalized spacial score (nSPS) is 19.9. The number of aryl methyl sites for hydroxylation is 1. The number of benzene rings is 1. The highest BCUT2D eigenvalue weighted by atomic mass is 16.2. The van der Waals surface area contributed by atoms with Crippen molar-refractivity contribution in [1.29, 1.82) is 0 Å². The van der Waals surface area contributed by atoms with Crippen molar-refractivity contribution in [3.8, 4) is 11.1 Å². The number of nitrogens with zero attached hydrogens (tertiary/aromatic N) is 3. The molecule has 4 rings (SSSR count). The molecule has 1 saturated carbocycles. The van der Waals surface area contributed by atoms with Crippen LogP contribution < -0.4 is 5.73 Å². The van der Waals surface area contributed by atoms with Crippen molar-refractivity contribution in [2.45, 2.75) is 38.6 Å². The van der Waals surface area contributed by atoms with Gasteiger partial charge in [-0.2, -0.15) is 0 Å². The van der Waals surface area contributed by atoms with Crippen molar-refractivity contribution in [2.75, 3.05) is 25.9 Å². The average molecular weight is 393 g/mol. The minimum atomic E-state index is -0.351. The molecule has 152 valence electrons. The molecule has 6 heteroatoms. The van der Waals surface area contributed by atoms with Crippen molar-refractivity contribution in [3.05, 3.63) is 47.7 Å². The summed E-state index contributed by atoms with van der Waals surface area (Å²) in [5.41, 5.74) is 9.18. The summed E-state index contributed by atoms with van der Waals surface area (Å²) in [4.78, 5) is 34.0. The molecule has 1 aliphatic carbocycles. The monoisotopic (exact) mass is 392 g/mol. The zero-order valence-corrected chi connectivity index (χ0v) is 17.1. The molecule has 2 heterocycles. The number of anilines is 1. The van der Waals surface area contributed by atoms with E-state index in [-0.39, 0.29) is 17.9 Å². The fourth-order valence-electron chi connectivity index (χ4n) is 4.17. The van der Waals surface area contributed by atoms with Crippen LogP contribution in [0, 0.1) is 12.8 Å². The molecule has 2 aromatic rings. The van der Waals surface area contributed by atoms with E-state index in [1.807, 2.05) is 44.3 Å². The first-order chi connectivity index (χ1) is 13.9. The van der Waals surface area contributed by atoms with Gasteiger partial charge in [0.05, 0.1) is 0 Å². The average Bonchev–Trinajstić information content (AvgIpc) is 2.69. The van der Waals surface area contributed by atoms with E-state index in [4.69, 9.17) is 5.73 Å². The summed E-state index contributed by atoms with van der Waals surface area (Å²) in [6.07, 6.45) is 6.05. The number of piperazine rings is 1. The summed E-state index contributed by atoms with van der Waals surface area (Å²) in [6.45, 7) is 3.07. The van der Waals surface area contributed by atoms with Crippen molar-refractivity contribution in [1.82, 2.24) is 14.8 Å². The number of nitrogen functional groups attached to an aromatic ring is 1. The molecule has 0 unspecified atom stereocenters. The molecule has 1 saturated heterocycles. The molecule has 2 amide bonds. The summed E-state index contributed by atoms with van der Waals surface area (Å²) in [6, 6.07) is 9.18. The number of pyridine rings is 1. The second-order valence-corrected chi connectivity index (χ2v) is 8.31. The van der Waals surface area contributed by atoms with Crippen molar-refractivity contribution in [3.63, 3.8) is 0 Å². The van der Waals surface area contributed by atoms with Gasteiger partial charge in [0.25, 0.3) is 5.91 Å². The molecule has 1 aromatic carbocycles. The van der Waals surface area contributed by atoms with Crippen LogP contribution in [0.4, 0.5) is 5.82 Å². The van der Waals surface area contributed by atoms with Gasteiger partial charge in [-0.05, 0) is 48.6 Å². The molecule has 2 fully saturated rings. The third-order valence-electron chi connectivity index (χ3n) is 6.32. The van der Waals surface area contributed by atoms with Crippen molar-refractivity contribution >= 4 is 17.6 Å². The summed E-state index contributed by atoms with van der Waals surface area (Å²) >= 11 is 0. The molecule has 1 atom stereocenters. The molecular weight excluding hydrogens is 364 g/mol.